The second-order valence-corrected chi connectivity index (χ2v) is 18.0. The Balaban J connectivity index is 2.16. The van der Waals surface area contributed by atoms with Crippen LogP contribution in [-0.2, 0) is 14.3 Å². The van der Waals surface area contributed by atoms with E-state index in [1.807, 2.05) is 6.08 Å². The van der Waals surface area contributed by atoms with Gasteiger partial charge in [0.05, 0.1) is 25.4 Å². The standard InChI is InChI=1S/C51H97NO8/c1-3-5-7-9-11-13-15-16-17-18-19-20-21-22-23-24-25-26-27-28-29-30-31-33-35-37-39-41-47(55)52-44(43-59-51-50(58)49(57)48(56)46(42-53)60-51)45(54)40-38-36-34-32-14-12-10-8-6-4-2/h18-19,38,40,44-46,48-51,53-54,56-58H,3-17,20-37,39,41-43H2,1-2H3,(H,52,55)/b19-18-,40-38+. The summed E-state index contributed by atoms with van der Waals surface area (Å²) in [6, 6.07) is -0.800. The number of carbonyl (C=O) groups excluding carboxylic acids is 1. The van der Waals surface area contributed by atoms with Gasteiger partial charge in [0.2, 0.25) is 5.91 Å². The zero-order valence-corrected chi connectivity index (χ0v) is 39.0. The number of hydrogen-bond donors (Lipinski definition) is 6. The molecule has 0 bridgehead atoms. The maximum atomic E-state index is 13.0. The predicted octanol–water partition coefficient (Wildman–Crippen LogP) is 11.5. The molecule has 0 aliphatic carbocycles. The highest BCUT2D eigenvalue weighted by atomic mass is 16.7. The highest BCUT2D eigenvalue weighted by Crippen LogP contribution is 2.23. The van der Waals surface area contributed by atoms with E-state index >= 15 is 0 Å². The van der Waals surface area contributed by atoms with Crippen molar-refractivity contribution in [3.63, 3.8) is 0 Å². The molecule has 1 aliphatic heterocycles. The van der Waals surface area contributed by atoms with Gasteiger partial charge in [0.15, 0.2) is 6.29 Å². The minimum absolute atomic E-state index is 0.176. The first kappa shape index (κ1) is 56.7. The maximum Gasteiger partial charge on any atom is 0.220 e. The van der Waals surface area contributed by atoms with Gasteiger partial charge < -0.3 is 40.3 Å². The van der Waals surface area contributed by atoms with Gasteiger partial charge in [-0.15, -0.1) is 0 Å². The molecule has 354 valence electrons. The van der Waals surface area contributed by atoms with Crippen LogP contribution in [0.25, 0.3) is 0 Å². The SMILES string of the molecule is CCCCCCCCCC/C=C\CCCCCCCCCCCCCCCCCC(=O)NC(COC1OC(CO)C(O)C(O)C1O)C(O)/C=C/CCCCCCCCCC. The Hall–Kier alpha value is -1.33. The summed E-state index contributed by atoms with van der Waals surface area (Å²) in [6.45, 7) is 3.76. The zero-order chi connectivity index (χ0) is 43.7. The lowest BCUT2D eigenvalue weighted by atomic mass is 9.99. The van der Waals surface area contributed by atoms with E-state index in [1.54, 1.807) is 6.08 Å². The van der Waals surface area contributed by atoms with Crippen LogP contribution in [0.4, 0.5) is 0 Å². The summed E-state index contributed by atoms with van der Waals surface area (Å²) in [5.74, 6) is -0.176. The molecule has 7 unspecified atom stereocenters. The second-order valence-electron chi connectivity index (χ2n) is 18.0. The van der Waals surface area contributed by atoms with Crippen molar-refractivity contribution in [3.8, 4) is 0 Å². The van der Waals surface area contributed by atoms with Crippen molar-refractivity contribution in [1.29, 1.82) is 0 Å². The van der Waals surface area contributed by atoms with Crippen molar-refractivity contribution in [2.45, 2.75) is 281 Å². The first-order chi connectivity index (χ1) is 29.3. The minimum atomic E-state index is -1.56. The van der Waals surface area contributed by atoms with Gasteiger partial charge in [0, 0.05) is 6.42 Å². The van der Waals surface area contributed by atoms with Gasteiger partial charge in [0.25, 0.3) is 0 Å². The summed E-state index contributed by atoms with van der Waals surface area (Å²) >= 11 is 0. The Morgan fingerprint density at radius 3 is 1.35 bits per heavy atom. The van der Waals surface area contributed by atoms with Gasteiger partial charge in [-0.3, -0.25) is 4.79 Å². The maximum absolute atomic E-state index is 13.0. The third-order valence-electron chi connectivity index (χ3n) is 12.3. The Bertz CT molecular complexity index is 992. The topological polar surface area (TPSA) is 149 Å². The quantitative estimate of drug-likeness (QED) is 0.0262. The van der Waals surface area contributed by atoms with Gasteiger partial charge in [-0.25, -0.2) is 0 Å². The van der Waals surface area contributed by atoms with Crippen LogP contribution in [0.3, 0.4) is 0 Å². The van der Waals surface area contributed by atoms with E-state index in [0.29, 0.717) is 6.42 Å². The largest absolute Gasteiger partial charge is 0.394 e. The Labute approximate surface area is 369 Å². The molecule has 1 rings (SSSR count). The van der Waals surface area contributed by atoms with Crippen LogP contribution in [-0.4, -0.2) is 87.5 Å². The van der Waals surface area contributed by atoms with Crippen LogP contribution in [0.5, 0.6) is 0 Å². The van der Waals surface area contributed by atoms with Crippen LogP contribution in [0.2, 0.25) is 0 Å². The van der Waals surface area contributed by atoms with Gasteiger partial charge in [-0.1, -0.05) is 212 Å². The van der Waals surface area contributed by atoms with Crippen LogP contribution < -0.4 is 5.32 Å². The average molecular weight is 852 g/mol. The third kappa shape index (κ3) is 31.5. The van der Waals surface area contributed by atoms with Crippen molar-refractivity contribution in [1.82, 2.24) is 5.32 Å². The molecule has 6 N–H and O–H groups in total. The van der Waals surface area contributed by atoms with Crippen molar-refractivity contribution in [2.75, 3.05) is 13.2 Å². The van der Waals surface area contributed by atoms with E-state index in [9.17, 15) is 30.3 Å². The predicted molar refractivity (Wildman–Crippen MR) is 249 cm³/mol. The van der Waals surface area contributed by atoms with Crippen molar-refractivity contribution >= 4 is 5.91 Å². The number of allylic oxidation sites excluding steroid dienone is 3. The monoisotopic (exact) mass is 852 g/mol. The molecule has 0 aromatic carbocycles. The van der Waals surface area contributed by atoms with Crippen molar-refractivity contribution in [2.24, 2.45) is 0 Å². The van der Waals surface area contributed by atoms with Crippen LogP contribution in [0.15, 0.2) is 24.3 Å². The Kier molecular flexibility index (Phi) is 39.4. The molecule has 1 saturated heterocycles. The summed E-state index contributed by atoms with van der Waals surface area (Å²) in [5.41, 5.74) is 0. The second kappa shape index (κ2) is 41.7. The molecule has 9 nitrogen and oxygen atoms in total. The lowest BCUT2D eigenvalue weighted by Gasteiger charge is -2.40. The van der Waals surface area contributed by atoms with Gasteiger partial charge >= 0.3 is 0 Å². The van der Waals surface area contributed by atoms with E-state index < -0.39 is 49.5 Å². The molecule has 1 amide bonds. The summed E-state index contributed by atoms with van der Waals surface area (Å²) in [6.07, 6.45) is 43.9. The summed E-state index contributed by atoms with van der Waals surface area (Å²) in [7, 11) is 0. The molecule has 0 spiro atoms. The molecule has 60 heavy (non-hydrogen) atoms. The average Bonchev–Trinajstić information content (AvgIpc) is 3.25. The van der Waals surface area contributed by atoms with Crippen LogP contribution in [0, 0.1) is 0 Å². The van der Waals surface area contributed by atoms with E-state index in [0.717, 1.165) is 38.5 Å². The number of hydrogen-bond acceptors (Lipinski definition) is 8. The smallest absolute Gasteiger partial charge is 0.220 e. The Morgan fingerprint density at radius 1 is 0.550 bits per heavy atom. The van der Waals surface area contributed by atoms with E-state index in [4.69, 9.17) is 9.47 Å². The fourth-order valence-electron chi connectivity index (χ4n) is 8.15. The number of amides is 1. The third-order valence-corrected chi connectivity index (χ3v) is 12.3. The van der Waals surface area contributed by atoms with E-state index in [1.165, 1.54) is 180 Å². The van der Waals surface area contributed by atoms with Crippen molar-refractivity contribution in [3.05, 3.63) is 24.3 Å². The molecule has 0 aromatic rings. The fraction of sp³-hybridized carbons (Fsp3) is 0.902. The first-order valence-corrected chi connectivity index (χ1v) is 25.6. The molecule has 0 radical (unpaired) electrons. The summed E-state index contributed by atoms with van der Waals surface area (Å²) in [4.78, 5) is 13.0. The van der Waals surface area contributed by atoms with Crippen LogP contribution >= 0.6 is 0 Å². The number of rotatable bonds is 43. The minimum Gasteiger partial charge on any atom is -0.394 e. The van der Waals surface area contributed by atoms with Crippen molar-refractivity contribution < 1.29 is 39.8 Å². The molecule has 1 fully saturated rings. The number of nitrogens with one attached hydrogen (secondary N) is 1. The number of aliphatic hydroxyl groups excluding tert-OH is 5. The molecule has 1 aliphatic rings. The van der Waals surface area contributed by atoms with Crippen LogP contribution in [0.1, 0.15) is 239 Å². The highest BCUT2D eigenvalue weighted by molar-refractivity contribution is 5.76. The summed E-state index contributed by atoms with van der Waals surface area (Å²) in [5, 5.41) is 54.1. The fourth-order valence-corrected chi connectivity index (χ4v) is 8.15. The van der Waals surface area contributed by atoms with E-state index in [2.05, 4.69) is 31.3 Å². The highest BCUT2D eigenvalue weighted by Gasteiger charge is 2.44. The molecular weight excluding hydrogens is 755 g/mol. The molecule has 0 aromatic heterocycles. The lowest BCUT2D eigenvalue weighted by Crippen LogP contribution is -2.60. The summed E-state index contributed by atoms with van der Waals surface area (Å²) < 4.78 is 11.2. The molecule has 1 heterocycles. The molecular formula is C51H97NO8. The zero-order valence-electron chi connectivity index (χ0n) is 39.0. The molecule has 9 heteroatoms. The van der Waals surface area contributed by atoms with Gasteiger partial charge in [-0.2, -0.15) is 0 Å². The molecule has 0 saturated carbocycles. The molecule has 7 atom stereocenters. The van der Waals surface area contributed by atoms with Gasteiger partial charge in [-0.05, 0) is 44.9 Å². The first-order valence-electron chi connectivity index (χ1n) is 25.6. The number of ether oxygens (including phenoxy) is 2. The van der Waals surface area contributed by atoms with Gasteiger partial charge in [0.1, 0.15) is 24.4 Å². The number of carbonyl (C=O) groups is 1. The Morgan fingerprint density at radius 2 is 0.933 bits per heavy atom. The number of unbranched alkanes of at least 4 members (excludes halogenated alkanes) is 31. The lowest BCUT2D eigenvalue weighted by molar-refractivity contribution is -0.302. The number of aliphatic hydroxyl groups is 5. The normalized spacial score (nSPS) is 20.7. The van der Waals surface area contributed by atoms with E-state index in [-0.39, 0.29) is 12.5 Å².